The van der Waals surface area contributed by atoms with Gasteiger partial charge < -0.3 is 14.8 Å². The molecule has 0 bridgehead atoms. The summed E-state index contributed by atoms with van der Waals surface area (Å²) in [5, 5.41) is 3.20. The Morgan fingerprint density at radius 1 is 1.35 bits per heavy atom. The van der Waals surface area contributed by atoms with Crippen LogP contribution in [0.1, 0.15) is 18.5 Å². The van der Waals surface area contributed by atoms with Gasteiger partial charge in [0.1, 0.15) is 0 Å². The first kappa shape index (κ1) is 14.2. The summed E-state index contributed by atoms with van der Waals surface area (Å²) in [5.41, 5.74) is 1.20. The molecule has 3 nitrogen and oxygen atoms in total. The molecular formula is C13H21NO2S. The maximum absolute atomic E-state index is 5.67. The van der Waals surface area contributed by atoms with Gasteiger partial charge in [-0.3, -0.25) is 0 Å². The van der Waals surface area contributed by atoms with E-state index < -0.39 is 0 Å². The number of hydrogen-bond donors (Lipinski definition) is 1. The molecule has 0 heterocycles. The molecule has 1 aromatic rings. The Morgan fingerprint density at radius 2 is 2.12 bits per heavy atom. The van der Waals surface area contributed by atoms with Gasteiger partial charge in [0.2, 0.25) is 0 Å². The Labute approximate surface area is 108 Å². The fourth-order valence-electron chi connectivity index (χ4n) is 1.47. The maximum Gasteiger partial charge on any atom is 0.161 e. The van der Waals surface area contributed by atoms with Gasteiger partial charge in [-0.1, -0.05) is 6.07 Å². The molecule has 1 unspecified atom stereocenters. The summed E-state index contributed by atoms with van der Waals surface area (Å²) in [7, 11) is 3.62. The van der Waals surface area contributed by atoms with E-state index in [9.17, 15) is 0 Å². The third-order valence-corrected chi connectivity index (χ3v) is 3.24. The number of methoxy groups -OCH3 is 1. The minimum absolute atomic E-state index is 0.309. The smallest absolute Gasteiger partial charge is 0.161 e. The van der Waals surface area contributed by atoms with Crippen molar-refractivity contribution in [1.82, 2.24) is 5.32 Å². The predicted molar refractivity (Wildman–Crippen MR) is 74.3 cm³/mol. The van der Waals surface area contributed by atoms with Gasteiger partial charge in [0.15, 0.2) is 11.5 Å². The summed E-state index contributed by atoms with van der Waals surface area (Å²) in [4.78, 5) is 0. The number of nitrogens with one attached hydrogen (secondary N) is 1. The van der Waals surface area contributed by atoms with Crippen LogP contribution >= 0.6 is 11.8 Å². The molecule has 0 aromatic heterocycles. The van der Waals surface area contributed by atoms with E-state index in [1.165, 1.54) is 5.56 Å². The van der Waals surface area contributed by atoms with Crippen LogP contribution in [0.4, 0.5) is 0 Å². The molecule has 0 fully saturated rings. The first-order valence-electron chi connectivity index (χ1n) is 5.69. The van der Waals surface area contributed by atoms with Crippen molar-refractivity contribution < 1.29 is 9.47 Å². The second-order valence-electron chi connectivity index (χ2n) is 3.76. The van der Waals surface area contributed by atoms with Crippen LogP contribution in [-0.2, 0) is 0 Å². The predicted octanol–water partition coefficient (Wildman–Crippen LogP) is 2.72. The zero-order valence-electron chi connectivity index (χ0n) is 10.9. The molecule has 0 spiro atoms. The molecule has 0 radical (unpaired) electrons. The lowest BCUT2D eigenvalue weighted by Crippen LogP contribution is -2.12. The quantitative estimate of drug-likeness (QED) is 0.759. The van der Waals surface area contributed by atoms with E-state index in [4.69, 9.17) is 9.47 Å². The minimum Gasteiger partial charge on any atom is -0.493 e. The molecule has 1 N–H and O–H groups in total. The largest absolute Gasteiger partial charge is 0.493 e. The average molecular weight is 255 g/mol. The molecule has 96 valence electrons. The fraction of sp³-hybridized carbons (Fsp3) is 0.538. The van der Waals surface area contributed by atoms with E-state index in [-0.39, 0.29) is 0 Å². The molecule has 1 atom stereocenters. The topological polar surface area (TPSA) is 30.5 Å². The van der Waals surface area contributed by atoms with E-state index in [0.717, 1.165) is 17.3 Å². The molecule has 0 aliphatic carbocycles. The highest BCUT2D eigenvalue weighted by atomic mass is 32.2. The molecule has 1 rings (SSSR count). The maximum atomic E-state index is 5.67. The van der Waals surface area contributed by atoms with Crippen LogP contribution in [0.15, 0.2) is 18.2 Å². The zero-order valence-corrected chi connectivity index (χ0v) is 11.8. The molecule has 0 saturated heterocycles. The second kappa shape index (κ2) is 7.45. The van der Waals surface area contributed by atoms with Crippen molar-refractivity contribution in [3.05, 3.63) is 23.8 Å². The summed E-state index contributed by atoms with van der Waals surface area (Å²) in [6, 6.07) is 6.37. The zero-order chi connectivity index (χ0) is 12.7. The van der Waals surface area contributed by atoms with Gasteiger partial charge in [0.25, 0.3) is 0 Å². The summed E-state index contributed by atoms with van der Waals surface area (Å²) in [6.07, 6.45) is 2.07. The van der Waals surface area contributed by atoms with Gasteiger partial charge in [-0.05, 0) is 37.9 Å². The average Bonchev–Trinajstić information content (AvgIpc) is 2.38. The van der Waals surface area contributed by atoms with Crippen molar-refractivity contribution in [3.63, 3.8) is 0 Å². The Kier molecular flexibility index (Phi) is 6.22. The normalized spacial score (nSPS) is 12.2. The van der Waals surface area contributed by atoms with Crippen LogP contribution in [0.2, 0.25) is 0 Å². The van der Waals surface area contributed by atoms with Crippen LogP contribution in [0.5, 0.6) is 11.5 Å². The van der Waals surface area contributed by atoms with Crippen LogP contribution in [0.3, 0.4) is 0 Å². The van der Waals surface area contributed by atoms with Crippen molar-refractivity contribution in [2.45, 2.75) is 13.0 Å². The van der Waals surface area contributed by atoms with Crippen LogP contribution in [0, 0.1) is 0 Å². The minimum atomic E-state index is 0.309. The summed E-state index contributed by atoms with van der Waals surface area (Å²) >= 11 is 1.77. The highest BCUT2D eigenvalue weighted by molar-refractivity contribution is 7.98. The van der Waals surface area contributed by atoms with Crippen molar-refractivity contribution in [2.75, 3.05) is 32.8 Å². The number of ether oxygens (including phenoxy) is 2. The Morgan fingerprint density at radius 3 is 2.71 bits per heavy atom. The van der Waals surface area contributed by atoms with Crippen molar-refractivity contribution in [3.8, 4) is 11.5 Å². The molecule has 4 heteroatoms. The lowest BCUT2D eigenvalue weighted by Gasteiger charge is -2.15. The highest BCUT2D eigenvalue weighted by Crippen LogP contribution is 2.30. The number of thioether (sulfide) groups is 1. The molecular weight excluding hydrogens is 234 g/mol. The van der Waals surface area contributed by atoms with E-state index >= 15 is 0 Å². The van der Waals surface area contributed by atoms with Gasteiger partial charge in [0, 0.05) is 11.8 Å². The molecule has 17 heavy (non-hydrogen) atoms. The number of rotatable bonds is 7. The molecule has 1 aromatic carbocycles. The van der Waals surface area contributed by atoms with Crippen LogP contribution in [0.25, 0.3) is 0 Å². The number of hydrogen-bond acceptors (Lipinski definition) is 4. The third-order valence-electron chi connectivity index (χ3n) is 2.67. The van der Waals surface area contributed by atoms with E-state index in [1.807, 2.05) is 19.2 Å². The first-order valence-corrected chi connectivity index (χ1v) is 7.09. The summed E-state index contributed by atoms with van der Waals surface area (Å²) in [6.45, 7) is 2.82. The van der Waals surface area contributed by atoms with Crippen LogP contribution < -0.4 is 14.8 Å². The Hall–Kier alpha value is -0.870. The lowest BCUT2D eigenvalue weighted by atomic mass is 10.1. The SMILES string of the molecule is CNC(C)c1ccc(OCCSC)c(OC)c1. The van der Waals surface area contributed by atoms with Crippen LogP contribution in [-0.4, -0.2) is 32.8 Å². The van der Waals surface area contributed by atoms with E-state index in [0.29, 0.717) is 12.6 Å². The second-order valence-corrected chi connectivity index (χ2v) is 4.75. The lowest BCUT2D eigenvalue weighted by molar-refractivity contribution is 0.313. The Balaban J connectivity index is 2.78. The van der Waals surface area contributed by atoms with Crippen molar-refractivity contribution in [2.24, 2.45) is 0 Å². The first-order chi connectivity index (χ1) is 8.22. The van der Waals surface area contributed by atoms with Crippen molar-refractivity contribution in [1.29, 1.82) is 0 Å². The molecule has 0 aliphatic heterocycles. The standard InChI is InChI=1S/C13H21NO2S/c1-10(14-2)11-5-6-12(13(9-11)15-3)16-7-8-17-4/h5-6,9-10,14H,7-8H2,1-4H3. The van der Waals surface area contributed by atoms with Gasteiger partial charge >= 0.3 is 0 Å². The van der Waals surface area contributed by atoms with Crippen molar-refractivity contribution >= 4 is 11.8 Å². The van der Waals surface area contributed by atoms with Gasteiger partial charge in [-0.25, -0.2) is 0 Å². The summed E-state index contributed by atoms with van der Waals surface area (Å²) in [5.74, 6) is 2.59. The van der Waals surface area contributed by atoms with E-state index in [1.54, 1.807) is 18.9 Å². The van der Waals surface area contributed by atoms with Gasteiger partial charge in [0.05, 0.1) is 13.7 Å². The summed E-state index contributed by atoms with van der Waals surface area (Å²) < 4.78 is 11.0. The van der Waals surface area contributed by atoms with Gasteiger partial charge in [-0.15, -0.1) is 0 Å². The third kappa shape index (κ3) is 4.13. The molecule has 0 amide bonds. The Bertz CT molecular complexity index is 344. The van der Waals surface area contributed by atoms with Gasteiger partial charge in [-0.2, -0.15) is 11.8 Å². The monoisotopic (exact) mass is 255 g/mol. The number of benzene rings is 1. The molecule has 0 aliphatic rings. The highest BCUT2D eigenvalue weighted by Gasteiger charge is 2.09. The van der Waals surface area contributed by atoms with E-state index in [2.05, 4.69) is 24.6 Å². The fourth-order valence-corrected chi connectivity index (χ4v) is 1.72. The molecule has 0 saturated carbocycles.